The Morgan fingerprint density at radius 3 is 2.54 bits per heavy atom. The van der Waals surface area contributed by atoms with Crippen molar-refractivity contribution in [1.29, 1.82) is 0 Å². The minimum atomic E-state index is -0.481. The summed E-state index contributed by atoms with van der Waals surface area (Å²) in [5.41, 5.74) is 1.28. The lowest BCUT2D eigenvalue weighted by molar-refractivity contribution is -0.384. The number of carbonyl (C=O) groups is 1. The topological polar surface area (TPSA) is 81.9 Å². The SMILES string of the molecule is COc1ccc([C@@H]2SCCN2C(=O)c2ccc([N+](=O)[O-])cc2)c(OC)c1. The van der Waals surface area contributed by atoms with Crippen molar-refractivity contribution in [2.24, 2.45) is 0 Å². The van der Waals surface area contributed by atoms with Crippen molar-refractivity contribution in [2.45, 2.75) is 5.37 Å². The third-order valence-electron chi connectivity index (χ3n) is 4.18. The molecule has 0 unspecified atom stereocenters. The number of thioether (sulfide) groups is 1. The van der Waals surface area contributed by atoms with Gasteiger partial charge in [-0.3, -0.25) is 14.9 Å². The molecule has 1 atom stereocenters. The zero-order valence-corrected chi connectivity index (χ0v) is 15.2. The van der Waals surface area contributed by atoms with Gasteiger partial charge in [0.2, 0.25) is 0 Å². The van der Waals surface area contributed by atoms with Crippen LogP contribution in [-0.2, 0) is 0 Å². The number of amides is 1. The van der Waals surface area contributed by atoms with E-state index in [2.05, 4.69) is 0 Å². The smallest absolute Gasteiger partial charge is 0.269 e. The van der Waals surface area contributed by atoms with Gasteiger partial charge in [0.25, 0.3) is 11.6 Å². The van der Waals surface area contributed by atoms with Crippen LogP contribution in [0.15, 0.2) is 42.5 Å². The van der Waals surface area contributed by atoms with E-state index in [4.69, 9.17) is 9.47 Å². The minimum Gasteiger partial charge on any atom is -0.497 e. The minimum absolute atomic E-state index is 0.0364. The summed E-state index contributed by atoms with van der Waals surface area (Å²) in [4.78, 5) is 25.0. The molecule has 7 nitrogen and oxygen atoms in total. The highest BCUT2D eigenvalue weighted by Crippen LogP contribution is 2.43. The van der Waals surface area contributed by atoms with Crippen molar-refractivity contribution in [1.82, 2.24) is 4.90 Å². The molecule has 0 saturated carbocycles. The maximum absolute atomic E-state index is 12.9. The summed E-state index contributed by atoms with van der Waals surface area (Å²) in [6.07, 6.45) is 0. The average Bonchev–Trinajstić information content (AvgIpc) is 3.16. The van der Waals surface area contributed by atoms with Crippen molar-refractivity contribution in [2.75, 3.05) is 26.5 Å². The van der Waals surface area contributed by atoms with E-state index < -0.39 is 4.92 Å². The standard InChI is InChI=1S/C18H18N2O5S/c1-24-14-7-8-15(16(11-14)25-2)18-19(9-10-26-18)17(21)12-3-5-13(6-4-12)20(22)23/h3-8,11,18H,9-10H2,1-2H3/t18-/m0/s1. The van der Waals surface area contributed by atoms with Crippen LogP contribution in [0.4, 0.5) is 5.69 Å². The largest absolute Gasteiger partial charge is 0.497 e. The van der Waals surface area contributed by atoms with Crippen LogP contribution in [0.2, 0.25) is 0 Å². The molecular formula is C18H18N2O5S. The number of carbonyl (C=O) groups excluding carboxylic acids is 1. The molecule has 0 spiro atoms. The fourth-order valence-corrected chi connectivity index (χ4v) is 4.13. The molecule has 0 radical (unpaired) electrons. The number of methoxy groups -OCH3 is 2. The molecule has 0 aromatic heterocycles. The number of ether oxygens (including phenoxy) is 2. The van der Waals surface area contributed by atoms with Gasteiger partial charge in [0.1, 0.15) is 16.9 Å². The second-order valence-corrected chi connectivity index (χ2v) is 6.82. The van der Waals surface area contributed by atoms with E-state index in [9.17, 15) is 14.9 Å². The second kappa shape index (κ2) is 7.65. The van der Waals surface area contributed by atoms with Gasteiger partial charge in [-0.15, -0.1) is 11.8 Å². The number of rotatable bonds is 5. The summed E-state index contributed by atoms with van der Waals surface area (Å²) in [6.45, 7) is 0.598. The molecule has 0 bridgehead atoms. The van der Waals surface area contributed by atoms with Crippen LogP contribution in [0.3, 0.4) is 0 Å². The summed E-state index contributed by atoms with van der Waals surface area (Å²) < 4.78 is 10.7. The van der Waals surface area contributed by atoms with E-state index in [1.165, 1.54) is 24.3 Å². The maximum Gasteiger partial charge on any atom is 0.269 e. The Hall–Kier alpha value is -2.74. The Labute approximate surface area is 155 Å². The molecule has 1 saturated heterocycles. The molecular weight excluding hydrogens is 356 g/mol. The molecule has 2 aromatic carbocycles. The third-order valence-corrected chi connectivity index (χ3v) is 5.43. The first-order valence-corrected chi connectivity index (χ1v) is 8.99. The Balaban J connectivity index is 1.88. The molecule has 1 amide bonds. The maximum atomic E-state index is 12.9. The van der Waals surface area contributed by atoms with Gasteiger partial charge in [-0.1, -0.05) is 0 Å². The molecule has 1 aliphatic heterocycles. The lowest BCUT2D eigenvalue weighted by atomic mass is 10.1. The van der Waals surface area contributed by atoms with Gasteiger partial charge in [0.05, 0.1) is 19.1 Å². The van der Waals surface area contributed by atoms with Crippen LogP contribution < -0.4 is 9.47 Å². The van der Waals surface area contributed by atoms with Crippen LogP contribution in [0.5, 0.6) is 11.5 Å². The number of nitrogens with zero attached hydrogens (tertiary/aromatic N) is 2. The molecule has 1 heterocycles. The Morgan fingerprint density at radius 1 is 1.19 bits per heavy atom. The lowest BCUT2D eigenvalue weighted by Gasteiger charge is -2.25. The third kappa shape index (κ3) is 3.45. The summed E-state index contributed by atoms with van der Waals surface area (Å²) in [5.74, 6) is 1.98. The molecule has 1 fully saturated rings. The molecule has 0 N–H and O–H groups in total. The first kappa shape index (κ1) is 18.1. The summed E-state index contributed by atoms with van der Waals surface area (Å²) in [6, 6.07) is 11.2. The van der Waals surface area contributed by atoms with Crippen LogP contribution >= 0.6 is 11.8 Å². The number of benzene rings is 2. The highest BCUT2D eigenvalue weighted by atomic mass is 32.2. The van der Waals surface area contributed by atoms with Gasteiger partial charge in [-0.05, 0) is 24.3 Å². The predicted octanol–water partition coefficient (Wildman–Crippen LogP) is 3.50. The van der Waals surface area contributed by atoms with E-state index in [1.807, 2.05) is 12.1 Å². The predicted molar refractivity (Wildman–Crippen MR) is 98.9 cm³/mol. The lowest BCUT2D eigenvalue weighted by Crippen LogP contribution is -2.30. The number of non-ortho nitro benzene ring substituents is 1. The molecule has 2 aromatic rings. The van der Waals surface area contributed by atoms with Crippen molar-refractivity contribution < 1.29 is 19.2 Å². The fraction of sp³-hybridized carbons (Fsp3) is 0.278. The number of nitro benzene ring substituents is 1. The Morgan fingerprint density at radius 2 is 1.92 bits per heavy atom. The van der Waals surface area contributed by atoms with E-state index in [0.717, 1.165) is 11.3 Å². The molecule has 1 aliphatic rings. The average molecular weight is 374 g/mol. The fourth-order valence-electron chi connectivity index (χ4n) is 2.85. The molecule has 3 rings (SSSR count). The van der Waals surface area contributed by atoms with Crippen molar-refractivity contribution >= 4 is 23.4 Å². The van der Waals surface area contributed by atoms with Crippen LogP contribution in [-0.4, -0.2) is 42.2 Å². The Kier molecular flexibility index (Phi) is 5.32. The number of nitro groups is 1. The highest BCUT2D eigenvalue weighted by Gasteiger charge is 2.33. The van der Waals surface area contributed by atoms with Gasteiger partial charge in [-0.25, -0.2) is 0 Å². The van der Waals surface area contributed by atoms with Gasteiger partial charge in [-0.2, -0.15) is 0 Å². The summed E-state index contributed by atoms with van der Waals surface area (Å²) >= 11 is 1.65. The van der Waals surface area contributed by atoms with Gasteiger partial charge >= 0.3 is 0 Å². The van der Waals surface area contributed by atoms with Gasteiger partial charge in [0, 0.05) is 41.6 Å². The quantitative estimate of drug-likeness (QED) is 0.588. The molecule has 8 heteroatoms. The second-order valence-electron chi connectivity index (χ2n) is 5.63. The monoisotopic (exact) mass is 374 g/mol. The Bertz CT molecular complexity index is 825. The highest BCUT2D eigenvalue weighted by molar-refractivity contribution is 7.99. The normalized spacial score (nSPS) is 16.4. The zero-order chi connectivity index (χ0) is 18.7. The number of hydrogen-bond acceptors (Lipinski definition) is 6. The van der Waals surface area contributed by atoms with E-state index in [0.29, 0.717) is 23.6 Å². The van der Waals surface area contributed by atoms with E-state index in [-0.39, 0.29) is 17.0 Å². The van der Waals surface area contributed by atoms with Gasteiger partial charge < -0.3 is 14.4 Å². The first-order valence-electron chi connectivity index (χ1n) is 7.94. The molecule has 26 heavy (non-hydrogen) atoms. The van der Waals surface area contributed by atoms with Crippen molar-refractivity contribution in [3.8, 4) is 11.5 Å². The first-order chi connectivity index (χ1) is 12.5. The molecule has 0 aliphatic carbocycles. The van der Waals surface area contributed by atoms with Crippen molar-refractivity contribution in [3.05, 3.63) is 63.7 Å². The van der Waals surface area contributed by atoms with E-state index >= 15 is 0 Å². The van der Waals surface area contributed by atoms with Gasteiger partial charge in [0.15, 0.2) is 0 Å². The van der Waals surface area contributed by atoms with E-state index in [1.54, 1.807) is 36.9 Å². The number of hydrogen-bond donors (Lipinski definition) is 0. The molecule has 136 valence electrons. The zero-order valence-electron chi connectivity index (χ0n) is 14.4. The summed E-state index contributed by atoms with van der Waals surface area (Å²) in [7, 11) is 3.17. The van der Waals surface area contributed by atoms with Crippen LogP contribution in [0.25, 0.3) is 0 Å². The van der Waals surface area contributed by atoms with Crippen LogP contribution in [0.1, 0.15) is 21.3 Å². The summed E-state index contributed by atoms with van der Waals surface area (Å²) in [5, 5.41) is 10.6. The van der Waals surface area contributed by atoms with Crippen LogP contribution in [0, 0.1) is 10.1 Å². The van der Waals surface area contributed by atoms with Crippen molar-refractivity contribution in [3.63, 3.8) is 0 Å².